The maximum atomic E-state index is 11.8. The second-order valence-corrected chi connectivity index (χ2v) is 7.10. The summed E-state index contributed by atoms with van der Waals surface area (Å²) in [4.78, 5) is 18.3. The standard InChI is InChI=1S/C19H19N3OS/c1-21-10-14(9-17(21)23)11-22-13-20-18(15-5-3-2-4-6-15)19(22)16-7-8-24-12-16/h2-8,12-14H,9-11H2,1H3/t14-/m1/s1. The molecule has 0 bridgehead atoms. The Kier molecular flexibility index (Phi) is 3.94. The molecule has 5 heteroatoms. The monoisotopic (exact) mass is 337 g/mol. The molecule has 1 amide bonds. The van der Waals surface area contributed by atoms with Gasteiger partial charge in [0.2, 0.25) is 5.91 Å². The summed E-state index contributed by atoms with van der Waals surface area (Å²) in [5.41, 5.74) is 4.46. The molecule has 0 aliphatic carbocycles. The van der Waals surface area contributed by atoms with Gasteiger partial charge in [-0.05, 0) is 11.4 Å². The molecule has 122 valence electrons. The molecular weight excluding hydrogens is 318 g/mol. The van der Waals surface area contributed by atoms with Crippen molar-refractivity contribution in [2.45, 2.75) is 13.0 Å². The lowest BCUT2D eigenvalue weighted by molar-refractivity contribution is -0.126. The molecule has 2 aromatic heterocycles. The Morgan fingerprint density at radius 1 is 1.21 bits per heavy atom. The minimum absolute atomic E-state index is 0.237. The average molecular weight is 337 g/mol. The van der Waals surface area contributed by atoms with E-state index in [1.165, 1.54) is 5.56 Å². The molecule has 1 aliphatic heterocycles. The van der Waals surface area contributed by atoms with E-state index in [0.29, 0.717) is 12.3 Å². The summed E-state index contributed by atoms with van der Waals surface area (Å²) in [5, 5.41) is 4.25. The lowest BCUT2D eigenvalue weighted by Crippen LogP contribution is -2.20. The topological polar surface area (TPSA) is 38.1 Å². The second kappa shape index (κ2) is 6.24. The first-order valence-electron chi connectivity index (χ1n) is 8.09. The summed E-state index contributed by atoms with van der Waals surface area (Å²) < 4.78 is 2.21. The van der Waals surface area contributed by atoms with Gasteiger partial charge < -0.3 is 9.47 Å². The number of carbonyl (C=O) groups excluding carboxylic acids is 1. The number of nitrogens with zero attached hydrogens (tertiary/aromatic N) is 3. The molecule has 24 heavy (non-hydrogen) atoms. The van der Waals surface area contributed by atoms with Crippen molar-refractivity contribution in [1.82, 2.24) is 14.5 Å². The molecule has 0 N–H and O–H groups in total. The zero-order valence-electron chi connectivity index (χ0n) is 13.6. The normalized spacial score (nSPS) is 17.6. The summed E-state index contributed by atoms with van der Waals surface area (Å²) in [5.74, 6) is 0.582. The SMILES string of the molecule is CN1C[C@H](Cn2cnc(-c3ccccc3)c2-c2ccsc2)CC1=O. The van der Waals surface area contributed by atoms with Gasteiger partial charge in [-0.15, -0.1) is 0 Å². The minimum atomic E-state index is 0.237. The highest BCUT2D eigenvalue weighted by Crippen LogP contribution is 2.33. The van der Waals surface area contributed by atoms with Gasteiger partial charge in [-0.2, -0.15) is 11.3 Å². The number of carbonyl (C=O) groups is 1. The highest BCUT2D eigenvalue weighted by Gasteiger charge is 2.28. The molecule has 1 fully saturated rings. The number of thiophene rings is 1. The van der Waals surface area contributed by atoms with Crippen molar-refractivity contribution in [2.24, 2.45) is 5.92 Å². The number of rotatable bonds is 4. The highest BCUT2D eigenvalue weighted by atomic mass is 32.1. The fourth-order valence-electron chi connectivity index (χ4n) is 3.39. The smallest absolute Gasteiger partial charge is 0.222 e. The Morgan fingerprint density at radius 2 is 2.04 bits per heavy atom. The maximum absolute atomic E-state index is 11.8. The van der Waals surface area contributed by atoms with E-state index in [2.05, 4.69) is 33.5 Å². The van der Waals surface area contributed by atoms with Gasteiger partial charge in [0.25, 0.3) is 0 Å². The van der Waals surface area contributed by atoms with Crippen molar-refractivity contribution in [3.8, 4) is 22.5 Å². The summed E-state index contributed by atoms with van der Waals surface area (Å²) in [6.07, 6.45) is 2.54. The van der Waals surface area contributed by atoms with Crippen LogP contribution in [0, 0.1) is 5.92 Å². The van der Waals surface area contributed by atoms with Gasteiger partial charge in [0.15, 0.2) is 0 Å². The van der Waals surface area contributed by atoms with Gasteiger partial charge in [0.1, 0.15) is 0 Å². The highest BCUT2D eigenvalue weighted by molar-refractivity contribution is 7.08. The first kappa shape index (κ1) is 15.1. The van der Waals surface area contributed by atoms with E-state index >= 15 is 0 Å². The molecule has 0 radical (unpaired) electrons. The molecule has 1 atom stereocenters. The van der Waals surface area contributed by atoms with Gasteiger partial charge in [0, 0.05) is 49.0 Å². The average Bonchev–Trinajstić information content (AvgIpc) is 3.30. The lowest BCUT2D eigenvalue weighted by atomic mass is 10.1. The number of likely N-dealkylation sites (tertiary alicyclic amines) is 1. The number of benzene rings is 1. The van der Waals surface area contributed by atoms with E-state index in [1.54, 1.807) is 11.3 Å². The summed E-state index contributed by atoms with van der Waals surface area (Å²) >= 11 is 1.69. The van der Waals surface area contributed by atoms with Gasteiger partial charge in [-0.3, -0.25) is 4.79 Å². The first-order chi connectivity index (χ1) is 11.7. The third-order valence-electron chi connectivity index (χ3n) is 4.56. The van der Waals surface area contributed by atoms with E-state index in [-0.39, 0.29) is 5.91 Å². The van der Waals surface area contributed by atoms with E-state index in [9.17, 15) is 4.79 Å². The number of amides is 1. The van der Waals surface area contributed by atoms with Crippen LogP contribution in [-0.4, -0.2) is 34.0 Å². The molecule has 4 rings (SSSR count). The fourth-order valence-corrected chi connectivity index (χ4v) is 4.03. The maximum Gasteiger partial charge on any atom is 0.222 e. The van der Waals surface area contributed by atoms with Crippen LogP contribution in [0.1, 0.15) is 6.42 Å². The minimum Gasteiger partial charge on any atom is -0.345 e. The molecular formula is C19H19N3OS. The van der Waals surface area contributed by atoms with Crippen LogP contribution in [0.25, 0.3) is 22.5 Å². The van der Waals surface area contributed by atoms with Crippen LogP contribution in [0.15, 0.2) is 53.5 Å². The van der Waals surface area contributed by atoms with Gasteiger partial charge in [-0.25, -0.2) is 4.98 Å². The Hall–Kier alpha value is -2.40. The number of hydrogen-bond donors (Lipinski definition) is 0. The molecule has 0 unspecified atom stereocenters. The van der Waals surface area contributed by atoms with Crippen LogP contribution in [0.3, 0.4) is 0 Å². The van der Waals surface area contributed by atoms with Crippen molar-refractivity contribution in [1.29, 1.82) is 0 Å². The van der Waals surface area contributed by atoms with E-state index < -0.39 is 0 Å². The van der Waals surface area contributed by atoms with E-state index in [1.807, 2.05) is 36.5 Å². The number of hydrogen-bond acceptors (Lipinski definition) is 3. The lowest BCUT2D eigenvalue weighted by Gasteiger charge is -2.14. The van der Waals surface area contributed by atoms with Crippen molar-refractivity contribution >= 4 is 17.2 Å². The third kappa shape index (κ3) is 2.76. The quantitative estimate of drug-likeness (QED) is 0.727. The van der Waals surface area contributed by atoms with E-state index in [4.69, 9.17) is 4.98 Å². The van der Waals surface area contributed by atoms with Gasteiger partial charge >= 0.3 is 0 Å². The fraction of sp³-hybridized carbons (Fsp3) is 0.263. The summed E-state index contributed by atoms with van der Waals surface area (Å²) in [6.45, 7) is 1.64. The van der Waals surface area contributed by atoms with Crippen molar-refractivity contribution in [2.75, 3.05) is 13.6 Å². The van der Waals surface area contributed by atoms with Crippen LogP contribution in [0.4, 0.5) is 0 Å². The largest absolute Gasteiger partial charge is 0.345 e. The number of aromatic nitrogens is 2. The van der Waals surface area contributed by atoms with Crippen molar-refractivity contribution < 1.29 is 4.79 Å². The van der Waals surface area contributed by atoms with Gasteiger partial charge in [0.05, 0.1) is 17.7 Å². The van der Waals surface area contributed by atoms with Crippen LogP contribution >= 0.6 is 11.3 Å². The predicted octanol–water partition coefficient (Wildman–Crippen LogP) is 3.76. The van der Waals surface area contributed by atoms with Crippen molar-refractivity contribution in [3.05, 3.63) is 53.5 Å². The Balaban J connectivity index is 1.73. The van der Waals surface area contributed by atoms with Gasteiger partial charge in [-0.1, -0.05) is 30.3 Å². The molecule has 1 saturated heterocycles. The summed E-state index contributed by atoms with van der Waals surface area (Å²) in [7, 11) is 1.88. The first-order valence-corrected chi connectivity index (χ1v) is 9.03. The molecule has 1 aromatic carbocycles. The Bertz CT molecular complexity index is 839. The molecule has 0 spiro atoms. The van der Waals surface area contributed by atoms with Crippen LogP contribution in [0.2, 0.25) is 0 Å². The molecule has 0 saturated carbocycles. The third-order valence-corrected chi connectivity index (χ3v) is 5.24. The van der Waals surface area contributed by atoms with Crippen molar-refractivity contribution in [3.63, 3.8) is 0 Å². The van der Waals surface area contributed by atoms with Crippen LogP contribution in [0.5, 0.6) is 0 Å². The zero-order chi connectivity index (χ0) is 16.5. The molecule has 4 nitrogen and oxygen atoms in total. The molecule has 3 aromatic rings. The molecule has 1 aliphatic rings. The Morgan fingerprint density at radius 3 is 2.71 bits per heavy atom. The Labute approximate surface area is 145 Å². The second-order valence-electron chi connectivity index (χ2n) is 6.32. The van der Waals surface area contributed by atoms with Crippen LogP contribution < -0.4 is 0 Å². The number of imidazole rings is 1. The summed E-state index contributed by atoms with van der Waals surface area (Å²) in [6, 6.07) is 12.4. The van der Waals surface area contributed by atoms with E-state index in [0.717, 1.165) is 30.0 Å². The molecule has 3 heterocycles. The predicted molar refractivity (Wildman–Crippen MR) is 96.7 cm³/mol. The zero-order valence-corrected chi connectivity index (χ0v) is 14.4. The van der Waals surface area contributed by atoms with Crippen LogP contribution in [-0.2, 0) is 11.3 Å².